The van der Waals surface area contributed by atoms with Gasteiger partial charge >= 0.3 is 0 Å². The summed E-state index contributed by atoms with van der Waals surface area (Å²) in [6.07, 6.45) is 3.47. The lowest BCUT2D eigenvalue weighted by Crippen LogP contribution is -2.21. The zero-order valence-electron chi connectivity index (χ0n) is 13.2. The van der Waals surface area contributed by atoms with E-state index in [2.05, 4.69) is 54.8 Å². The molecule has 3 N–H and O–H groups in total. The minimum Gasteiger partial charge on any atom is -0.326 e. The summed E-state index contributed by atoms with van der Waals surface area (Å²) in [5, 5.41) is 14.5. The van der Waals surface area contributed by atoms with Gasteiger partial charge in [0.1, 0.15) is 0 Å². The maximum absolute atomic E-state index is 8.18. The predicted molar refractivity (Wildman–Crippen MR) is 94.0 cm³/mol. The van der Waals surface area contributed by atoms with Crippen LogP contribution < -0.4 is 10.6 Å². The first-order chi connectivity index (χ1) is 10.6. The Hall–Kier alpha value is -2.29. The van der Waals surface area contributed by atoms with Crippen LogP contribution >= 0.6 is 0 Å². The summed E-state index contributed by atoms with van der Waals surface area (Å²) in [7, 11) is 0. The molecule has 2 aromatic carbocycles. The van der Waals surface area contributed by atoms with Gasteiger partial charge in [0.15, 0.2) is 5.96 Å². The fourth-order valence-electron chi connectivity index (χ4n) is 3.02. The molecule has 0 bridgehead atoms. The first-order valence-electron chi connectivity index (χ1n) is 7.97. The topological polar surface area (TPSA) is 47.9 Å². The lowest BCUT2D eigenvalue weighted by atomic mass is 10.0. The molecule has 1 aliphatic carbocycles. The molecule has 1 aliphatic rings. The largest absolute Gasteiger partial charge is 0.326 e. The number of anilines is 2. The third-order valence-electron chi connectivity index (χ3n) is 4.23. The van der Waals surface area contributed by atoms with Gasteiger partial charge in [-0.1, -0.05) is 38.1 Å². The quantitative estimate of drug-likeness (QED) is 0.564. The summed E-state index contributed by atoms with van der Waals surface area (Å²) in [5.41, 5.74) is 6.08. The average Bonchev–Trinajstić information content (AvgIpc) is 2.97. The fourth-order valence-corrected chi connectivity index (χ4v) is 3.02. The van der Waals surface area contributed by atoms with Gasteiger partial charge in [-0.05, 0) is 60.1 Å². The Morgan fingerprint density at radius 1 is 1.05 bits per heavy atom. The first-order valence-corrected chi connectivity index (χ1v) is 7.97. The maximum Gasteiger partial charge on any atom is 0.197 e. The Morgan fingerprint density at radius 3 is 2.68 bits per heavy atom. The molecule has 0 radical (unpaired) electrons. The van der Waals surface area contributed by atoms with E-state index >= 15 is 0 Å². The van der Waals surface area contributed by atoms with E-state index in [1.54, 1.807) is 0 Å². The Balaban J connectivity index is 1.71. The van der Waals surface area contributed by atoms with Gasteiger partial charge in [-0.3, -0.25) is 5.41 Å². The fraction of sp³-hybridized carbons (Fsp3) is 0.316. The van der Waals surface area contributed by atoms with Gasteiger partial charge < -0.3 is 10.6 Å². The lowest BCUT2D eigenvalue weighted by Gasteiger charge is -2.15. The molecule has 0 spiro atoms. The normalized spacial score (nSPS) is 13.0. The van der Waals surface area contributed by atoms with Crippen LogP contribution in [0.3, 0.4) is 0 Å². The van der Waals surface area contributed by atoms with E-state index in [0.717, 1.165) is 24.2 Å². The molecule has 3 rings (SSSR count). The molecule has 22 heavy (non-hydrogen) atoms. The standard InChI is InChI=1S/C19H23N3/c1-13(2)15-8-3-9-16(12-15)21-19(20)22-18-11-5-7-14-6-4-10-17(14)18/h3,5,7-9,11-13H,4,6,10H2,1-2H3,(H3,20,21,22). The van der Waals surface area contributed by atoms with Crippen molar-refractivity contribution in [3.63, 3.8) is 0 Å². The third-order valence-corrected chi connectivity index (χ3v) is 4.23. The summed E-state index contributed by atoms with van der Waals surface area (Å²) in [6.45, 7) is 4.35. The SMILES string of the molecule is CC(C)c1cccc(NC(=N)Nc2cccc3c2CCC3)c1. The van der Waals surface area contributed by atoms with Crippen molar-refractivity contribution in [2.24, 2.45) is 0 Å². The zero-order valence-corrected chi connectivity index (χ0v) is 13.2. The van der Waals surface area contributed by atoms with E-state index in [4.69, 9.17) is 5.41 Å². The van der Waals surface area contributed by atoms with Gasteiger partial charge in [0.05, 0.1) is 0 Å². The van der Waals surface area contributed by atoms with Gasteiger partial charge in [-0.2, -0.15) is 0 Å². The van der Waals surface area contributed by atoms with Crippen LogP contribution in [0.2, 0.25) is 0 Å². The number of benzene rings is 2. The molecule has 114 valence electrons. The number of hydrogen-bond acceptors (Lipinski definition) is 1. The molecule has 0 saturated heterocycles. The number of rotatable bonds is 3. The Kier molecular flexibility index (Phi) is 4.14. The van der Waals surface area contributed by atoms with E-state index in [1.165, 1.54) is 23.1 Å². The second-order valence-corrected chi connectivity index (χ2v) is 6.20. The van der Waals surface area contributed by atoms with Crippen molar-refractivity contribution in [3.05, 3.63) is 59.2 Å². The predicted octanol–water partition coefficient (Wildman–Crippen LogP) is 4.76. The van der Waals surface area contributed by atoms with Crippen LogP contribution in [0.15, 0.2) is 42.5 Å². The molecule has 2 aromatic rings. The van der Waals surface area contributed by atoms with E-state index < -0.39 is 0 Å². The van der Waals surface area contributed by atoms with Crippen molar-refractivity contribution in [2.75, 3.05) is 10.6 Å². The molecule has 3 heteroatoms. The third kappa shape index (κ3) is 3.14. The first kappa shape index (κ1) is 14.6. The highest BCUT2D eigenvalue weighted by molar-refractivity contribution is 6.02. The van der Waals surface area contributed by atoms with Crippen LogP contribution in [-0.2, 0) is 12.8 Å². The highest BCUT2D eigenvalue weighted by Gasteiger charge is 2.14. The summed E-state index contributed by atoms with van der Waals surface area (Å²) >= 11 is 0. The van der Waals surface area contributed by atoms with Crippen molar-refractivity contribution in [2.45, 2.75) is 39.0 Å². The van der Waals surface area contributed by atoms with Crippen LogP contribution in [0.5, 0.6) is 0 Å². The molecule has 0 atom stereocenters. The number of hydrogen-bond donors (Lipinski definition) is 3. The van der Waals surface area contributed by atoms with Crippen LogP contribution in [0.4, 0.5) is 11.4 Å². The van der Waals surface area contributed by atoms with E-state index in [9.17, 15) is 0 Å². The summed E-state index contributed by atoms with van der Waals surface area (Å²) in [6, 6.07) is 14.6. The number of aryl methyl sites for hydroxylation is 1. The zero-order chi connectivity index (χ0) is 15.5. The highest BCUT2D eigenvalue weighted by Crippen LogP contribution is 2.28. The van der Waals surface area contributed by atoms with Crippen molar-refractivity contribution in [1.82, 2.24) is 0 Å². The van der Waals surface area contributed by atoms with Crippen molar-refractivity contribution in [3.8, 4) is 0 Å². The van der Waals surface area contributed by atoms with Crippen molar-refractivity contribution >= 4 is 17.3 Å². The van der Waals surface area contributed by atoms with Crippen LogP contribution in [0, 0.1) is 5.41 Å². The minimum atomic E-state index is 0.321. The van der Waals surface area contributed by atoms with E-state index in [0.29, 0.717) is 11.9 Å². The van der Waals surface area contributed by atoms with Gasteiger partial charge in [0.25, 0.3) is 0 Å². The molecular formula is C19H23N3. The summed E-state index contributed by atoms with van der Waals surface area (Å²) < 4.78 is 0. The van der Waals surface area contributed by atoms with Crippen LogP contribution in [0.1, 0.15) is 42.9 Å². The summed E-state index contributed by atoms with van der Waals surface area (Å²) in [4.78, 5) is 0. The molecule has 0 aliphatic heterocycles. The molecule has 0 fully saturated rings. The maximum atomic E-state index is 8.18. The number of guanidine groups is 1. The second-order valence-electron chi connectivity index (χ2n) is 6.20. The average molecular weight is 293 g/mol. The molecule has 0 unspecified atom stereocenters. The van der Waals surface area contributed by atoms with Crippen LogP contribution in [-0.4, -0.2) is 5.96 Å². The molecular weight excluding hydrogens is 270 g/mol. The Morgan fingerprint density at radius 2 is 1.86 bits per heavy atom. The monoisotopic (exact) mass is 293 g/mol. The van der Waals surface area contributed by atoms with E-state index in [1.807, 2.05) is 12.1 Å². The highest BCUT2D eigenvalue weighted by atomic mass is 15.1. The molecule has 3 nitrogen and oxygen atoms in total. The van der Waals surface area contributed by atoms with Crippen molar-refractivity contribution < 1.29 is 0 Å². The van der Waals surface area contributed by atoms with Gasteiger partial charge in [-0.15, -0.1) is 0 Å². The lowest BCUT2D eigenvalue weighted by molar-refractivity contribution is 0.867. The van der Waals surface area contributed by atoms with Crippen molar-refractivity contribution in [1.29, 1.82) is 5.41 Å². The number of nitrogens with one attached hydrogen (secondary N) is 3. The molecule has 0 saturated carbocycles. The molecule has 0 heterocycles. The molecule has 0 aromatic heterocycles. The smallest absolute Gasteiger partial charge is 0.197 e. The summed E-state index contributed by atoms with van der Waals surface area (Å²) in [5.74, 6) is 0.808. The van der Waals surface area contributed by atoms with Gasteiger partial charge in [0, 0.05) is 11.4 Å². The molecule has 0 amide bonds. The van der Waals surface area contributed by atoms with Gasteiger partial charge in [-0.25, -0.2) is 0 Å². The minimum absolute atomic E-state index is 0.321. The van der Waals surface area contributed by atoms with Crippen LogP contribution in [0.25, 0.3) is 0 Å². The van der Waals surface area contributed by atoms with Gasteiger partial charge in [0.2, 0.25) is 0 Å². The number of fused-ring (bicyclic) bond motifs is 1. The second kappa shape index (κ2) is 6.22. The Bertz CT molecular complexity index is 689. The Labute approximate surface area is 132 Å². The van der Waals surface area contributed by atoms with E-state index in [-0.39, 0.29) is 0 Å².